The molecule has 1 aromatic carbocycles. The molecule has 0 fully saturated rings. The Hall–Kier alpha value is -2.86. The highest BCUT2D eigenvalue weighted by atomic mass is 35.5. The maximum atomic E-state index is 12.4. The smallest absolute Gasteiger partial charge is 0.279 e. The third kappa shape index (κ3) is 2.51. The van der Waals surface area contributed by atoms with Crippen LogP contribution in [0.3, 0.4) is 0 Å². The molecule has 0 saturated carbocycles. The van der Waals surface area contributed by atoms with Gasteiger partial charge in [0.2, 0.25) is 0 Å². The van der Waals surface area contributed by atoms with Gasteiger partial charge in [-0.3, -0.25) is 4.79 Å². The predicted molar refractivity (Wildman–Crippen MR) is 88.2 cm³/mol. The van der Waals surface area contributed by atoms with E-state index in [4.69, 9.17) is 20.9 Å². The van der Waals surface area contributed by atoms with E-state index >= 15 is 0 Å². The first-order valence-corrected chi connectivity index (χ1v) is 7.65. The summed E-state index contributed by atoms with van der Waals surface area (Å²) < 4.78 is 11.1. The molecule has 120 valence electrons. The zero-order valence-corrected chi connectivity index (χ0v) is 13.4. The number of fused-ring (bicyclic) bond motifs is 3. The van der Waals surface area contributed by atoms with E-state index in [0.717, 1.165) is 16.9 Å². The van der Waals surface area contributed by atoms with Crippen molar-refractivity contribution in [2.75, 3.05) is 5.32 Å². The Kier molecular flexibility index (Phi) is 3.46. The van der Waals surface area contributed by atoms with Gasteiger partial charge < -0.3 is 14.6 Å². The molecule has 24 heavy (non-hydrogen) atoms. The van der Waals surface area contributed by atoms with Crippen molar-refractivity contribution in [2.45, 2.75) is 13.5 Å². The fraction of sp³-hybridized carbons (Fsp3) is 0.118. The molecule has 2 aromatic heterocycles. The van der Waals surface area contributed by atoms with Crippen LogP contribution in [0.25, 0.3) is 11.3 Å². The number of pyridine rings is 1. The van der Waals surface area contributed by atoms with Crippen LogP contribution in [0.15, 0.2) is 41.1 Å². The Morgan fingerprint density at radius 2 is 2.17 bits per heavy atom. The van der Waals surface area contributed by atoms with Crippen LogP contribution in [-0.4, -0.2) is 16.0 Å². The number of benzene rings is 1. The fourth-order valence-corrected chi connectivity index (χ4v) is 2.67. The molecule has 7 heteroatoms. The molecule has 0 unspecified atom stereocenters. The minimum Gasteiger partial charge on any atom is -0.488 e. The highest BCUT2D eigenvalue weighted by Gasteiger charge is 2.29. The Morgan fingerprint density at radius 1 is 1.29 bits per heavy atom. The van der Waals surface area contributed by atoms with Crippen LogP contribution in [-0.2, 0) is 6.61 Å². The second-order valence-corrected chi connectivity index (χ2v) is 5.88. The number of ether oxygens (including phenoxy) is 1. The summed E-state index contributed by atoms with van der Waals surface area (Å²) in [6.07, 6.45) is 1.46. The highest BCUT2D eigenvalue weighted by molar-refractivity contribution is 6.30. The lowest BCUT2D eigenvalue weighted by Gasteiger charge is -2.16. The van der Waals surface area contributed by atoms with E-state index in [1.807, 2.05) is 25.1 Å². The van der Waals surface area contributed by atoms with Gasteiger partial charge in [-0.25, -0.2) is 4.98 Å². The predicted octanol–water partition coefficient (Wildman–Crippen LogP) is 3.84. The average molecular weight is 342 g/mol. The number of aromatic nitrogens is 2. The number of nitrogens with one attached hydrogen (secondary N) is 1. The van der Waals surface area contributed by atoms with Crippen LogP contribution < -0.4 is 10.1 Å². The van der Waals surface area contributed by atoms with E-state index < -0.39 is 5.91 Å². The summed E-state index contributed by atoms with van der Waals surface area (Å²) in [4.78, 5) is 16.5. The van der Waals surface area contributed by atoms with Gasteiger partial charge in [-0.15, -0.1) is 0 Å². The number of carbonyl (C=O) groups excluding carboxylic acids is 1. The van der Waals surface area contributed by atoms with Gasteiger partial charge in [0, 0.05) is 6.20 Å². The normalized spacial score (nSPS) is 12.1. The van der Waals surface area contributed by atoms with Crippen LogP contribution >= 0.6 is 11.6 Å². The molecule has 1 N–H and O–H groups in total. The number of rotatable bonds is 2. The van der Waals surface area contributed by atoms with Crippen molar-refractivity contribution in [2.24, 2.45) is 0 Å². The van der Waals surface area contributed by atoms with E-state index in [0.29, 0.717) is 22.2 Å². The third-order valence-electron chi connectivity index (χ3n) is 3.72. The number of nitrogens with zero attached hydrogens (tertiary/aromatic N) is 2. The summed E-state index contributed by atoms with van der Waals surface area (Å²) in [5.74, 6) is 1.26. The van der Waals surface area contributed by atoms with Gasteiger partial charge in [-0.05, 0) is 31.2 Å². The molecular weight excluding hydrogens is 330 g/mol. The van der Waals surface area contributed by atoms with Crippen LogP contribution in [0, 0.1) is 6.92 Å². The van der Waals surface area contributed by atoms with Crippen LogP contribution in [0.5, 0.6) is 5.75 Å². The Morgan fingerprint density at radius 3 is 2.96 bits per heavy atom. The molecule has 4 rings (SSSR count). The molecule has 0 radical (unpaired) electrons. The van der Waals surface area contributed by atoms with Gasteiger partial charge in [0.15, 0.2) is 11.5 Å². The summed E-state index contributed by atoms with van der Waals surface area (Å²) in [5, 5.41) is 7.08. The molecule has 0 saturated heterocycles. The first kappa shape index (κ1) is 14.7. The minimum absolute atomic E-state index is 0.189. The molecule has 1 amide bonds. The van der Waals surface area contributed by atoms with Crippen molar-refractivity contribution in [1.82, 2.24) is 10.1 Å². The van der Waals surface area contributed by atoms with Crippen LogP contribution in [0.1, 0.15) is 21.6 Å². The number of hydrogen-bond acceptors (Lipinski definition) is 5. The van der Waals surface area contributed by atoms with Crippen molar-refractivity contribution in [3.05, 3.63) is 58.4 Å². The summed E-state index contributed by atoms with van der Waals surface area (Å²) in [6, 6.07) is 9.04. The number of halogens is 1. The zero-order chi connectivity index (χ0) is 16.7. The molecule has 3 heterocycles. The molecule has 0 bridgehead atoms. The monoisotopic (exact) mass is 341 g/mol. The van der Waals surface area contributed by atoms with Crippen LogP contribution in [0.4, 0.5) is 5.82 Å². The number of carbonyl (C=O) groups is 1. The van der Waals surface area contributed by atoms with Crippen molar-refractivity contribution in [3.63, 3.8) is 0 Å². The van der Waals surface area contributed by atoms with Crippen molar-refractivity contribution in [3.8, 4) is 17.1 Å². The number of hydrogen-bond donors (Lipinski definition) is 1. The number of amides is 1. The number of anilines is 1. The third-order valence-corrected chi connectivity index (χ3v) is 3.95. The summed E-state index contributed by atoms with van der Waals surface area (Å²) in [6.45, 7) is 2.20. The molecule has 6 nitrogen and oxygen atoms in total. The fourth-order valence-electron chi connectivity index (χ4n) is 2.56. The van der Waals surface area contributed by atoms with Gasteiger partial charge in [-0.2, -0.15) is 0 Å². The van der Waals surface area contributed by atoms with Crippen LogP contribution in [0.2, 0.25) is 5.02 Å². The molecule has 0 atom stereocenters. The van der Waals surface area contributed by atoms with Gasteiger partial charge in [0.05, 0.1) is 16.1 Å². The molecule has 3 aromatic rings. The average Bonchev–Trinajstić information content (AvgIpc) is 3.01. The van der Waals surface area contributed by atoms with Gasteiger partial charge in [-0.1, -0.05) is 28.4 Å². The van der Waals surface area contributed by atoms with Crippen molar-refractivity contribution >= 4 is 23.3 Å². The summed E-state index contributed by atoms with van der Waals surface area (Å²) in [7, 11) is 0. The standard InChI is InChI=1S/C17H12ClN3O3/c1-9-2-4-13-11(6-9)16-12(8-23-13)15(21-24-16)17(22)20-14-5-3-10(18)7-19-14/h2-7H,8H2,1H3,(H,19,20,22). The quantitative estimate of drug-likeness (QED) is 0.766. The van der Waals surface area contributed by atoms with Gasteiger partial charge in [0.25, 0.3) is 5.91 Å². The molecule has 1 aliphatic heterocycles. The summed E-state index contributed by atoms with van der Waals surface area (Å²) in [5.41, 5.74) is 2.68. The zero-order valence-electron chi connectivity index (χ0n) is 12.7. The van der Waals surface area contributed by atoms with Crippen molar-refractivity contribution in [1.29, 1.82) is 0 Å². The van der Waals surface area contributed by atoms with Gasteiger partial charge >= 0.3 is 0 Å². The lowest BCUT2D eigenvalue weighted by atomic mass is 10.0. The topological polar surface area (TPSA) is 77.3 Å². The lowest BCUT2D eigenvalue weighted by Crippen LogP contribution is -2.17. The van der Waals surface area contributed by atoms with E-state index in [-0.39, 0.29) is 12.3 Å². The maximum absolute atomic E-state index is 12.4. The largest absolute Gasteiger partial charge is 0.488 e. The minimum atomic E-state index is -0.408. The van der Waals surface area contributed by atoms with Crippen molar-refractivity contribution < 1.29 is 14.1 Å². The Labute approximate surface area is 142 Å². The molecule has 0 aliphatic carbocycles. The molecule has 0 spiro atoms. The maximum Gasteiger partial charge on any atom is 0.279 e. The second-order valence-electron chi connectivity index (χ2n) is 5.44. The first-order chi connectivity index (χ1) is 11.6. The highest BCUT2D eigenvalue weighted by Crippen LogP contribution is 2.39. The Bertz CT molecular complexity index is 935. The SMILES string of the molecule is Cc1ccc2c(c1)-c1onc(C(=O)Nc3ccc(Cl)cn3)c1CO2. The van der Waals surface area contributed by atoms with Gasteiger partial charge in [0.1, 0.15) is 18.2 Å². The summed E-state index contributed by atoms with van der Waals surface area (Å²) >= 11 is 5.78. The first-order valence-electron chi connectivity index (χ1n) is 7.27. The lowest BCUT2D eigenvalue weighted by molar-refractivity contribution is 0.101. The Balaban J connectivity index is 1.67. The van der Waals surface area contributed by atoms with E-state index in [1.54, 1.807) is 12.1 Å². The van der Waals surface area contributed by atoms with E-state index in [2.05, 4.69) is 15.5 Å². The van der Waals surface area contributed by atoms with E-state index in [9.17, 15) is 4.79 Å². The number of aryl methyl sites for hydroxylation is 1. The van der Waals surface area contributed by atoms with E-state index in [1.165, 1.54) is 6.20 Å². The second kappa shape index (κ2) is 5.65. The molecular formula is C17H12ClN3O3. The molecule has 1 aliphatic rings.